The summed E-state index contributed by atoms with van der Waals surface area (Å²) in [4.78, 5) is 2.22. The molecule has 0 atom stereocenters. The molecule has 0 amide bonds. The molecule has 3 heteroatoms. The number of nitrogens with zero attached hydrogens (tertiary/aromatic N) is 1. The molecule has 0 aromatic heterocycles. The van der Waals surface area contributed by atoms with Crippen molar-refractivity contribution in [3.8, 4) is 0 Å². The number of benzene rings is 1. The van der Waals surface area contributed by atoms with Crippen molar-refractivity contribution in [2.24, 2.45) is 0 Å². The number of hydrogen-bond acceptors (Lipinski definition) is 1. The average Bonchev–Trinajstić information content (AvgIpc) is 2.04. The van der Waals surface area contributed by atoms with E-state index >= 15 is 0 Å². The van der Waals surface area contributed by atoms with Gasteiger partial charge in [-0.2, -0.15) is 0 Å². The first-order valence-corrected chi connectivity index (χ1v) is 11.7. The second-order valence-electron chi connectivity index (χ2n) is 2.92. The molecule has 0 aliphatic heterocycles. The summed E-state index contributed by atoms with van der Waals surface area (Å²) < 4.78 is 1.58. The Bertz CT molecular complexity index is 250. The zero-order chi connectivity index (χ0) is 8.97. The Hall–Kier alpha value is 0.700. The Kier molecular flexibility index (Phi) is 4.88. The molecule has 12 heavy (non-hydrogen) atoms. The Morgan fingerprint density at radius 3 is 2.58 bits per heavy atom. The van der Waals surface area contributed by atoms with Gasteiger partial charge in [0.15, 0.2) is 0 Å². The van der Waals surface area contributed by atoms with Crippen LogP contribution in [-0.4, -0.2) is 36.0 Å². The fourth-order valence-corrected chi connectivity index (χ4v) is 4.96. The van der Waals surface area contributed by atoms with Gasteiger partial charge >= 0.3 is 94.7 Å². The summed E-state index contributed by atoms with van der Waals surface area (Å²) in [5.74, 6) is 0. The minimum absolute atomic E-state index is 0.0354. The standard InChI is InChI=1S/C9H12INTe/c1-11(2)7-8-5-3-4-6-9(8)12-10/h3-6H,7H2,1-2H3. The van der Waals surface area contributed by atoms with Crippen molar-refractivity contribution in [3.05, 3.63) is 29.8 Å². The third kappa shape index (κ3) is 3.21. The van der Waals surface area contributed by atoms with E-state index in [1.165, 1.54) is 5.56 Å². The van der Waals surface area contributed by atoms with Crippen LogP contribution in [-0.2, 0) is 6.54 Å². The quantitative estimate of drug-likeness (QED) is 0.559. The van der Waals surface area contributed by atoms with E-state index in [-0.39, 0.29) is 17.0 Å². The van der Waals surface area contributed by atoms with Gasteiger partial charge in [-0.05, 0) is 0 Å². The van der Waals surface area contributed by atoms with Crippen LogP contribution in [0.25, 0.3) is 0 Å². The summed E-state index contributed by atoms with van der Waals surface area (Å²) in [6.07, 6.45) is 0. The van der Waals surface area contributed by atoms with E-state index in [4.69, 9.17) is 0 Å². The van der Waals surface area contributed by atoms with Crippen molar-refractivity contribution in [2.75, 3.05) is 14.1 Å². The molecule has 0 N–H and O–H groups in total. The van der Waals surface area contributed by atoms with Crippen molar-refractivity contribution in [2.45, 2.75) is 6.54 Å². The van der Waals surface area contributed by atoms with Gasteiger partial charge in [0, 0.05) is 0 Å². The molecule has 66 valence electrons. The summed E-state index contributed by atoms with van der Waals surface area (Å²) in [5.41, 5.74) is 1.50. The van der Waals surface area contributed by atoms with Crippen molar-refractivity contribution < 1.29 is 0 Å². The van der Waals surface area contributed by atoms with Crippen molar-refractivity contribution in [1.29, 1.82) is 0 Å². The molecule has 0 heterocycles. The third-order valence-corrected chi connectivity index (χ3v) is 6.34. The zero-order valence-corrected chi connectivity index (χ0v) is 11.7. The van der Waals surface area contributed by atoms with E-state index < -0.39 is 0 Å². The Labute approximate surface area is 93.9 Å². The average molecular weight is 389 g/mol. The first kappa shape index (κ1) is 10.8. The molecule has 0 aliphatic carbocycles. The molecule has 0 bridgehead atoms. The second kappa shape index (κ2) is 5.43. The normalized spacial score (nSPS) is 10.7. The molecule has 0 unspecified atom stereocenters. The van der Waals surface area contributed by atoms with E-state index in [0.717, 1.165) is 6.54 Å². The first-order valence-electron chi connectivity index (χ1n) is 3.75. The van der Waals surface area contributed by atoms with Crippen LogP contribution in [0.15, 0.2) is 24.3 Å². The van der Waals surface area contributed by atoms with Crippen LogP contribution in [0.3, 0.4) is 0 Å². The second-order valence-corrected chi connectivity index (χ2v) is 7.57. The van der Waals surface area contributed by atoms with E-state index in [0.29, 0.717) is 0 Å². The van der Waals surface area contributed by atoms with Crippen LogP contribution in [0.5, 0.6) is 0 Å². The van der Waals surface area contributed by atoms with Crippen LogP contribution in [0.2, 0.25) is 0 Å². The fraction of sp³-hybridized carbons (Fsp3) is 0.333. The van der Waals surface area contributed by atoms with Gasteiger partial charge < -0.3 is 0 Å². The SMILES string of the molecule is CN(C)Cc1ccccc1[Te]I. The Morgan fingerprint density at radius 1 is 1.33 bits per heavy atom. The zero-order valence-electron chi connectivity index (χ0n) is 7.25. The van der Waals surface area contributed by atoms with Crippen LogP contribution in [0, 0.1) is 0 Å². The minimum atomic E-state index is 0.0354. The maximum atomic E-state index is 2.54. The first-order chi connectivity index (χ1) is 5.74. The summed E-state index contributed by atoms with van der Waals surface area (Å²) in [6, 6.07) is 8.76. The van der Waals surface area contributed by atoms with Crippen molar-refractivity contribution >= 4 is 39.3 Å². The van der Waals surface area contributed by atoms with Gasteiger partial charge in [-0.15, -0.1) is 0 Å². The van der Waals surface area contributed by atoms with Gasteiger partial charge in [0.1, 0.15) is 0 Å². The van der Waals surface area contributed by atoms with E-state index in [1.807, 2.05) is 0 Å². The van der Waals surface area contributed by atoms with Gasteiger partial charge in [0.25, 0.3) is 0 Å². The van der Waals surface area contributed by atoms with Crippen LogP contribution in [0.1, 0.15) is 5.56 Å². The molecule has 1 aromatic rings. The third-order valence-electron chi connectivity index (χ3n) is 1.54. The van der Waals surface area contributed by atoms with E-state index in [2.05, 4.69) is 62.0 Å². The monoisotopic (exact) mass is 391 g/mol. The Morgan fingerprint density at radius 2 is 2.00 bits per heavy atom. The van der Waals surface area contributed by atoms with E-state index in [1.54, 1.807) is 3.61 Å². The van der Waals surface area contributed by atoms with Gasteiger partial charge in [-0.25, -0.2) is 0 Å². The fourth-order valence-electron chi connectivity index (χ4n) is 1.05. The summed E-state index contributed by atoms with van der Waals surface area (Å²) in [7, 11) is 4.23. The molecular weight excluding hydrogens is 377 g/mol. The Balaban J connectivity index is 2.82. The summed E-state index contributed by atoms with van der Waals surface area (Å²) >= 11 is 2.57. The number of halogens is 1. The topological polar surface area (TPSA) is 3.24 Å². The molecule has 1 rings (SSSR count). The molecule has 0 radical (unpaired) electrons. The molecule has 1 nitrogen and oxygen atoms in total. The van der Waals surface area contributed by atoms with Gasteiger partial charge in [-0.1, -0.05) is 0 Å². The van der Waals surface area contributed by atoms with Crippen LogP contribution in [0.4, 0.5) is 0 Å². The van der Waals surface area contributed by atoms with Gasteiger partial charge in [0.05, 0.1) is 0 Å². The maximum absolute atomic E-state index is 2.54. The van der Waals surface area contributed by atoms with Crippen molar-refractivity contribution in [3.63, 3.8) is 0 Å². The number of hydrogen-bond donors (Lipinski definition) is 0. The predicted molar refractivity (Wildman–Crippen MR) is 63.2 cm³/mol. The molecule has 0 saturated carbocycles. The molecular formula is C9H12INTe. The predicted octanol–water partition coefficient (Wildman–Crippen LogP) is 1.43. The molecule has 0 aliphatic rings. The molecule has 0 saturated heterocycles. The van der Waals surface area contributed by atoms with Crippen LogP contribution < -0.4 is 3.61 Å². The molecule has 0 spiro atoms. The number of rotatable bonds is 3. The van der Waals surface area contributed by atoms with Crippen molar-refractivity contribution in [1.82, 2.24) is 4.90 Å². The van der Waals surface area contributed by atoms with Gasteiger partial charge in [-0.3, -0.25) is 0 Å². The van der Waals surface area contributed by atoms with Gasteiger partial charge in [0.2, 0.25) is 0 Å². The summed E-state index contributed by atoms with van der Waals surface area (Å²) in [5, 5.41) is 0. The molecule has 0 fully saturated rings. The molecule has 1 aromatic carbocycles. The van der Waals surface area contributed by atoms with E-state index in [9.17, 15) is 0 Å². The summed E-state index contributed by atoms with van der Waals surface area (Å²) in [6.45, 7) is 1.07. The van der Waals surface area contributed by atoms with Crippen LogP contribution >= 0.6 is 18.7 Å².